The summed E-state index contributed by atoms with van der Waals surface area (Å²) in [5.41, 5.74) is 1.85. The van der Waals surface area contributed by atoms with E-state index in [0.29, 0.717) is 11.8 Å². The highest BCUT2D eigenvalue weighted by atomic mass is 16.3. The van der Waals surface area contributed by atoms with Gasteiger partial charge in [0.15, 0.2) is 0 Å². The molecule has 1 fully saturated rings. The largest absolute Gasteiger partial charge is 0.506 e. The van der Waals surface area contributed by atoms with Gasteiger partial charge in [0.25, 0.3) is 0 Å². The second-order valence-electron chi connectivity index (χ2n) is 4.35. The van der Waals surface area contributed by atoms with Crippen LogP contribution in [0.1, 0.15) is 18.2 Å². The molecule has 1 aromatic carbocycles. The van der Waals surface area contributed by atoms with Crippen LogP contribution in [-0.4, -0.2) is 28.0 Å². The number of hydrogen-bond acceptors (Lipinski definition) is 3. The molecule has 1 unspecified atom stereocenters. The Labute approximate surface area is 93.9 Å². The number of phenols is 1. The van der Waals surface area contributed by atoms with E-state index < -0.39 is 0 Å². The third kappa shape index (κ3) is 1.30. The maximum Gasteiger partial charge on any atom is 0.141 e. The molecule has 1 aliphatic rings. The first-order valence-electron chi connectivity index (χ1n) is 5.65. The minimum Gasteiger partial charge on any atom is -0.506 e. The van der Waals surface area contributed by atoms with Crippen LogP contribution in [0.2, 0.25) is 0 Å². The monoisotopic (exact) mass is 217 g/mol. The molecule has 84 valence electrons. The van der Waals surface area contributed by atoms with Gasteiger partial charge >= 0.3 is 0 Å². The molecule has 1 aromatic heterocycles. The summed E-state index contributed by atoms with van der Waals surface area (Å²) in [6.45, 7) is 3.95. The van der Waals surface area contributed by atoms with Crippen molar-refractivity contribution < 1.29 is 5.11 Å². The van der Waals surface area contributed by atoms with Gasteiger partial charge in [0, 0.05) is 11.9 Å². The number of hydrogen-bond donors (Lipinski definition) is 2. The summed E-state index contributed by atoms with van der Waals surface area (Å²) in [5, 5.41) is 18.9. The van der Waals surface area contributed by atoms with E-state index in [1.54, 1.807) is 6.07 Å². The molecule has 2 heterocycles. The Hall–Kier alpha value is -1.55. The SMILES string of the molecule is Cc1nn(C2CCNC2)c2c(O)cccc12. The first-order chi connectivity index (χ1) is 7.77. The zero-order valence-corrected chi connectivity index (χ0v) is 9.27. The molecule has 0 aliphatic carbocycles. The van der Waals surface area contributed by atoms with E-state index in [9.17, 15) is 5.11 Å². The average Bonchev–Trinajstić information content (AvgIpc) is 2.87. The molecule has 1 atom stereocenters. The molecular weight excluding hydrogens is 202 g/mol. The predicted molar refractivity (Wildman–Crippen MR) is 62.7 cm³/mol. The molecule has 0 saturated carbocycles. The van der Waals surface area contributed by atoms with Crippen LogP contribution in [0.15, 0.2) is 18.2 Å². The van der Waals surface area contributed by atoms with E-state index in [4.69, 9.17) is 0 Å². The van der Waals surface area contributed by atoms with Crippen molar-refractivity contribution in [2.24, 2.45) is 0 Å². The van der Waals surface area contributed by atoms with Crippen LogP contribution in [0.4, 0.5) is 0 Å². The lowest BCUT2D eigenvalue weighted by Gasteiger charge is -2.11. The van der Waals surface area contributed by atoms with Crippen molar-refractivity contribution in [1.29, 1.82) is 0 Å². The molecule has 16 heavy (non-hydrogen) atoms. The molecular formula is C12H15N3O. The number of benzene rings is 1. The summed E-state index contributed by atoms with van der Waals surface area (Å²) < 4.78 is 1.97. The normalized spacial score (nSPS) is 20.7. The van der Waals surface area contributed by atoms with Crippen molar-refractivity contribution in [2.75, 3.05) is 13.1 Å². The van der Waals surface area contributed by atoms with E-state index in [1.165, 1.54) is 0 Å². The van der Waals surface area contributed by atoms with E-state index >= 15 is 0 Å². The summed E-state index contributed by atoms with van der Waals surface area (Å²) in [6.07, 6.45) is 1.07. The van der Waals surface area contributed by atoms with Crippen LogP contribution in [-0.2, 0) is 0 Å². The topological polar surface area (TPSA) is 50.1 Å². The van der Waals surface area contributed by atoms with Gasteiger partial charge < -0.3 is 10.4 Å². The molecule has 2 aromatic rings. The van der Waals surface area contributed by atoms with Gasteiger partial charge in [0.05, 0.1) is 11.7 Å². The molecule has 1 saturated heterocycles. The number of phenolic OH excluding ortho intramolecular Hbond substituents is 1. The number of aryl methyl sites for hydroxylation is 1. The van der Waals surface area contributed by atoms with Crippen LogP contribution in [0.5, 0.6) is 5.75 Å². The molecule has 4 heteroatoms. The Balaban J connectivity index is 2.24. The van der Waals surface area contributed by atoms with E-state index in [1.807, 2.05) is 23.7 Å². The summed E-state index contributed by atoms with van der Waals surface area (Å²) in [7, 11) is 0. The Bertz CT molecular complexity index is 526. The lowest BCUT2D eigenvalue weighted by Crippen LogP contribution is -2.14. The summed E-state index contributed by atoms with van der Waals surface area (Å²) in [5.74, 6) is 0.324. The maximum atomic E-state index is 9.94. The number of para-hydroxylation sites is 1. The number of aromatic hydroxyl groups is 1. The Morgan fingerprint density at radius 3 is 3.12 bits per heavy atom. The fraction of sp³-hybridized carbons (Fsp3) is 0.417. The molecule has 0 spiro atoms. The lowest BCUT2D eigenvalue weighted by molar-refractivity contribution is 0.461. The minimum absolute atomic E-state index is 0.324. The zero-order chi connectivity index (χ0) is 11.1. The van der Waals surface area contributed by atoms with Crippen molar-refractivity contribution in [3.8, 4) is 5.75 Å². The second kappa shape index (κ2) is 3.49. The highest BCUT2D eigenvalue weighted by molar-refractivity contribution is 5.87. The molecule has 0 radical (unpaired) electrons. The lowest BCUT2D eigenvalue weighted by atomic mass is 10.2. The number of aromatic nitrogens is 2. The Kier molecular flexibility index (Phi) is 2.11. The van der Waals surface area contributed by atoms with E-state index in [0.717, 1.165) is 36.1 Å². The van der Waals surface area contributed by atoms with Crippen LogP contribution >= 0.6 is 0 Å². The Morgan fingerprint density at radius 2 is 2.38 bits per heavy atom. The van der Waals surface area contributed by atoms with Crippen molar-refractivity contribution >= 4 is 10.9 Å². The molecule has 4 nitrogen and oxygen atoms in total. The van der Waals surface area contributed by atoms with Gasteiger partial charge in [-0.25, -0.2) is 0 Å². The molecule has 3 rings (SSSR count). The fourth-order valence-corrected chi connectivity index (χ4v) is 2.44. The van der Waals surface area contributed by atoms with Gasteiger partial charge in [-0.15, -0.1) is 0 Å². The smallest absolute Gasteiger partial charge is 0.141 e. The summed E-state index contributed by atoms with van der Waals surface area (Å²) in [4.78, 5) is 0. The number of nitrogens with zero attached hydrogens (tertiary/aromatic N) is 2. The quantitative estimate of drug-likeness (QED) is 0.762. The van der Waals surface area contributed by atoms with Gasteiger partial charge in [-0.2, -0.15) is 5.10 Å². The van der Waals surface area contributed by atoms with Gasteiger partial charge in [0.2, 0.25) is 0 Å². The van der Waals surface area contributed by atoms with Crippen molar-refractivity contribution in [3.63, 3.8) is 0 Å². The fourth-order valence-electron chi connectivity index (χ4n) is 2.44. The van der Waals surface area contributed by atoms with Crippen molar-refractivity contribution in [2.45, 2.75) is 19.4 Å². The number of rotatable bonds is 1. The van der Waals surface area contributed by atoms with Gasteiger partial charge in [-0.1, -0.05) is 12.1 Å². The third-order valence-corrected chi connectivity index (χ3v) is 3.27. The van der Waals surface area contributed by atoms with Crippen LogP contribution in [0.25, 0.3) is 10.9 Å². The number of fused-ring (bicyclic) bond motifs is 1. The van der Waals surface area contributed by atoms with E-state index in [-0.39, 0.29) is 0 Å². The van der Waals surface area contributed by atoms with Crippen LogP contribution in [0.3, 0.4) is 0 Å². The first-order valence-corrected chi connectivity index (χ1v) is 5.65. The van der Waals surface area contributed by atoms with Gasteiger partial charge in [0.1, 0.15) is 11.3 Å². The molecule has 2 N–H and O–H groups in total. The highest BCUT2D eigenvalue weighted by Gasteiger charge is 2.21. The Morgan fingerprint density at radius 1 is 1.50 bits per heavy atom. The maximum absolute atomic E-state index is 9.94. The van der Waals surface area contributed by atoms with Crippen LogP contribution < -0.4 is 5.32 Å². The van der Waals surface area contributed by atoms with Crippen molar-refractivity contribution in [3.05, 3.63) is 23.9 Å². The third-order valence-electron chi connectivity index (χ3n) is 3.27. The molecule has 0 bridgehead atoms. The molecule has 1 aliphatic heterocycles. The van der Waals surface area contributed by atoms with Gasteiger partial charge in [-0.05, 0) is 26.0 Å². The summed E-state index contributed by atoms with van der Waals surface area (Å²) >= 11 is 0. The molecule has 0 amide bonds. The zero-order valence-electron chi connectivity index (χ0n) is 9.27. The number of nitrogens with one attached hydrogen (secondary N) is 1. The minimum atomic E-state index is 0.324. The predicted octanol–water partition coefficient (Wildman–Crippen LogP) is 1.58. The van der Waals surface area contributed by atoms with Crippen LogP contribution in [0, 0.1) is 6.92 Å². The van der Waals surface area contributed by atoms with Crippen molar-refractivity contribution in [1.82, 2.24) is 15.1 Å². The highest BCUT2D eigenvalue weighted by Crippen LogP contribution is 2.30. The summed E-state index contributed by atoms with van der Waals surface area (Å²) in [6, 6.07) is 5.96. The standard InChI is InChI=1S/C12H15N3O/c1-8-10-3-2-4-11(16)12(10)15(14-8)9-5-6-13-7-9/h2-4,9,13,16H,5-7H2,1H3. The van der Waals surface area contributed by atoms with E-state index in [2.05, 4.69) is 10.4 Å². The second-order valence-corrected chi connectivity index (χ2v) is 4.35. The average molecular weight is 217 g/mol. The van der Waals surface area contributed by atoms with Gasteiger partial charge in [-0.3, -0.25) is 4.68 Å². The first kappa shape index (κ1) is 9.66.